The Hall–Kier alpha value is -0.970. The van der Waals surface area contributed by atoms with Crippen molar-refractivity contribution in [2.75, 3.05) is 26.7 Å². The summed E-state index contributed by atoms with van der Waals surface area (Å²) in [5, 5.41) is 6.15. The van der Waals surface area contributed by atoms with Crippen LogP contribution in [0.1, 0.15) is 0 Å². The second-order valence-corrected chi connectivity index (χ2v) is 3.62. The van der Waals surface area contributed by atoms with Crippen LogP contribution in [-0.2, 0) is 4.79 Å². The molecule has 0 aromatic heterocycles. The molecule has 0 atom stereocenters. The lowest BCUT2D eigenvalue weighted by Crippen LogP contribution is -2.34. The van der Waals surface area contributed by atoms with Crippen molar-refractivity contribution < 1.29 is 9.53 Å². The molecule has 2 N–H and O–H groups in total. The van der Waals surface area contributed by atoms with Gasteiger partial charge in [0.25, 0.3) is 0 Å². The first kappa shape index (κ1) is 16.0. The van der Waals surface area contributed by atoms with Gasteiger partial charge in [-0.1, -0.05) is 11.6 Å². The SMILES string of the molecule is CNCC(=O)NCCOc1ccc(Cl)cc1.Cl. The average molecular weight is 279 g/mol. The molecule has 17 heavy (non-hydrogen) atoms. The molecule has 0 aliphatic rings. The highest BCUT2D eigenvalue weighted by atomic mass is 35.5. The molecule has 0 saturated heterocycles. The molecule has 0 heterocycles. The minimum absolute atomic E-state index is 0. The van der Waals surface area contributed by atoms with Gasteiger partial charge in [-0.2, -0.15) is 0 Å². The molecule has 0 saturated carbocycles. The molecule has 0 aliphatic heterocycles. The highest BCUT2D eigenvalue weighted by molar-refractivity contribution is 6.30. The average Bonchev–Trinajstić information content (AvgIpc) is 2.27. The van der Waals surface area contributed by atoms with Crippen molar-refractivity contribution in [3.8, 4) is 5.75 Å². The van der Waals surface area contributed by atoms with Crippen molar-refractivity contribution in [2.45, 2.75) is 0 Å². The number of amides is 1. The number of carbonyl (C=O) groups is 1. The number of carbonyl (C=O) groups excluding carboxylic acids is 1. The van der Waals surface area contributed by atoms with Gasteiger partial charge in [0, 0.05) is 5.02 Å². The van der Waals surface area contributed by atoms with Gasteiger partial charge in [0.2, 0.25) is 5.91 Å². The smallest absolute Gasteiger partial charge is 0.234 e. The van der Waals surface area contributed by atoms with Gasteiger partial charge in [-0.25, -0.2) is 0 Å². The van der Waals surface area contributed by atoms with E-state index in [2.05, 4.69) is 10.6 Å². The van der Waals surface area contributed by atoms with Crippen LogP contribution in [0.3, 0.4) is 0 Å². The summed E-state index contributed by atoms with van der Waals surface area (Å²) < 4.78 is 5.40. The molecule has 1 aromatic rings. The lowest BCUT2D eigenvalue weighted by molar-refractivity contribution is -0.120. The van der Waals surface area contributed by atoms with Crippen molar-refractivity contribution in [1.82, 2.24) is 10.6 Å². The Kier molecular flexibility index (Phi) is 8.58. The highest BCUT2D eigenvalue weighted by Gasteiger charge is 1.98. The van der Waals surface area contributed by atoms with E-state index < -0.39 is 0 Å². The Balaban J connectivity index is 0.00000256. The fourth-order valence-electron chi connectivity index (χ4n) is 1.11. The van der Waals surface area contributed by atoms with Crippen molar-refractivity contribution >= 4 is 29.9 Å². The summed E-state index contributed by atoms with van der Waals surface area (Å²) in [6, 6.07) is 7.10. The first-order chi connectivity index (χ1) is 7.72. The molecule has 1 rings (SSSR count). The quantitative estimate of drug-likeness (QED) is 0.775. The second kappa shape index (κ2) is 9.10. The van der Waals surface area contributed by atoms with Crippen molar-refractivity contribution in [1.29, 1.82) is 0 Å². The fraction of sp³-hybridized carbons (Fsp3) is 0.364. The molecule has 0 aliphatic carbocycles. The van der Waals surface area contributed by atoms with E-state index in [0.717, 1.165) is 5.75 Å². The Morgan fingerprint density at radius 1 is 1.35 bits per heavy atom. The van der Waals surface area contributed by atoms with E-state index in [4.69, 9.17) is 16.3 Å². The summed E-state index contributed by atoms with van der Waals surface area (Å²) in [4.78, 5) is 11.1. The minimum Gasteiger partial charge on any atom is -0.492 e. The number of nitrogens with one attached hydrogen (secondary N) is 2. The maximum atomic E-state index is 11.1. The van der Waals surface area contributed by atoms with Crippen LogP contribution in [0.15, 0.2) is 24.3 Å². The molecule has 96 valence electrons. The summed E-state index contributed by atoms with van der Waals surface area (Å²) in [6.45, 7) is 1.25. The number of likely N-dealkylation sites (N-methyl/N-ethyl adjacent to an activating group) is 1. The van der Waals surface area contributed by atoms with Crippen LogP contribution in [-0.4, -0.2) is 32.7 Å². The Bertz CT molecular complexity index is 331. The first-order valence-electron chi connectivity index (χ1n) is 5.02. The van der Waals surface area contributed by atoms with Gasteiger partial charge in [-0.15, -0.1) is 12.4 Å². The number of halogens is 2. The largest absolute Gasteiger partial charge is 0.492 e. The highest BCUT2D eigenvalue weighted by Crippen LogP contribution is 2.14. The standard InChI is InChI=1S/C11H15ClN2O2.ClH/c1-13-8-11(15)14-6-7-16-10-4-2-9(12)3-5-10;/h2-5,13H,6-8H2,1H3,(H,14,15);1H. The van der Waals surface area contributed by atoms with Gasteiger partial charge >= 0.3 is 0 Å². The second-order valence-electron chi connectivity index (χ2n) is 3.18. The predicted octanol–water partition coefficient (Wildman–Crippen LogP) is 1.48. The normalized spacial score (nSPS) is 9.29. The Morgan fingerprint density at radius 3 is 2.59 bits per heavy atom. The molecular weight excluding hydrogens is 263 g/mol. The molecule has 6 heteroatoms. The summed E-state index contributed by atoms with van der Waals surface area (Å²) in [5.74, 6) is 0.703. The van der Waals surface area contributed by atoms with E-state index in [9.17, 15) is 4.79 Å². The molecule has 0 unspecified atom stereocenters. The maximum Gasteiger partial charge on any atom is 0.234 e. The summed E-state index contributed by atoms with van der Waals surface area (Å²) in [5.41, 5.74) is 0. The van der Waals surface area contributed by atoms with Crippen LogP contribution < -0.4 is 15.4 Å². The Labute approximate surface area is 112 Å². The van der Waals surface area contributed by atoms with Crippen LogP contribution in [0.2, 0.25) is 5.02 Å². The monoisotopic (exact) mass is 278 g/mol. The topological polar surface area (TPSA) is 50.4 Å². The summed E-state index contributed by atoms with van der Waals surface area (Å²) in [7, 11) is 1.73. The summed E-state index contributed by atoms with van der Waals surface area (Å²) in [6.07, 6.45) is 0. The molecule has 1 aromatic carbocycles. The minimum atomic E-state index is -0.0396. The van der Waals surface area contributed by atoms with E-state index in [1.807, 2.05) is 0 Å². The van der Waals surface area contributed by atoms with E-state index in [1.54, 1.807) is 31.3 Å². The summed E-state index contributed by atoms with van der Waals surface area (Å²) >= 11 is 5.73. The van der Waals surface area contributed by atoms with E-state index in [0.29, 0.717) is 24.7 Å². The van der Waals surface area contributed by atoms with Crippen LogP contribution in [0, 0.1) is 0 Å². The third-order valence-electron chi connectivity index (χ3n) is 1.84. The van der Waals surface area contributed by atoms with Gasteiger partial charge in [0.1, 0.15) is 12.4 Å². The molecule has 4 nitrogen and oxygen atoms in total. The van der Waals surface area contributed by atoms with Gasteiger partial charge in [-0.3, -0.25) is 4.79 Å². The van der Waals surface area contributed by atoms with Crippen LogP contribution in [0.5, 0.6) is 5.75 Å². The molecular formula is C11H16Cl2N2O2. The molecule has 0 bridgehead atoms. The molecule has 1 amide bonds. The lowest BCUT2D eigenvalue weighted by atomic mass is 10.3. The number of hydrogen-bond donors (Lipinski definition) is 2. The third kappa shape index (κ3) is 7.05. The van der Waals surface area contributed by atoms with Gasteiger partial charge < -0.3 is 15.4 Å². The Morgan fingerprint density at radius 2 is 2.00 bits per heavy atom. The number of hydrogen-bond acceptors (Lipinski definition) is 3. The number of rotatable bonds is 6. The van der Waals surface area contributed by atoms with Gasteiger partial charge in [-0.05, 0) is 31.3 Å². The van der Waals surface area contributed by atoms with Crippen molar-refractivity contribution in [3.05, 3.63) is 29.3 Å². The lowest BCUT2D eigenvalue weighted by Gasteiger charge is -2.07. The molecule has 0 spiro atoms. The van der Waals surface area contributed by atoms with Gasteiger partial charge in [0.15, 0.2) is 0 Å². The van der Waals surface area contributed by atoms with Crippen LogP contribution in [0.4, 0.5) is 0 Å². The van der Waals surface area contributed by atoms with Crippen molar-refractivity contribution in [2.24, 2.45) is 0 Å². The number of benzene rings is 1. The first-order valence-corrected chi connectivity index (χ1v) is 5.40. The van der Waals surface area contributed by atoms with E-state index in [1.165, 1.54) is 0 Å². The zero-order valence-electron chi connectivity index (χ0n) is 9.53. The van der Waals surface area contributed by atoms with E-state index in [-0.39, 0.29) is 18.3 Å². The predicted molar refractivity (Wildman–Crippen MR) is 71.1 cm³/mol. The van der Waals surface area contributed by atoms with Crippen LogP contribution in [0.25, 0.3) is 0 Å². The third-order valence-corrected chi connectivity index (χ3v) is 2.10. The zero-order valence-corrected chi connectivity index (χ0v) is 11.1. The number of ether oxygens (including phenoxy) is 1. The fourth-order valence-corrected chi connectivity index (χ4v) is 1.24. The molecule has 0 radical (unpaired) electrons. The van der Waals surface area contributed by atoms with Gasteiger partial charge in [0.05, 0.1) is 13.1 Å². The van der Waals surface area contributed by atoms with Crippen LogP contribution >= 0.6 is 24.0 Å². The maximum absolute atomic E-state index is 11.1. The zero-order chi connectivity index (χ0) is 11.8. The molecule has 0 fully saturated rings. The van der Waals surface area contributed by atoms with E-state index >= 15 is 0 Å². The van der Waals surface area contributed by atoms with Crippen molar-refractivity contribution in [3.63, 3.8) is 0 Å².